The fourth-order valence-electron chi connectivity index (χ4n) is 2.32. The van der Waals surface area contributed by atoms with Gasteiger partial charge in [0.2, 0.25) is 0 Å². The number of carbonyl (C=O) groups excluding carboxylic acids is 1. The van der Waals surface area contributed by atoms with Crippen LogP contribution in [0.2, 0.25) is 0 Å². The van der Waals surface area contributed by atoms with Crippen molar-refractivity contribution < 1.29 is 9.72 Å². The van der Waals surface area contributed by atoms with Crippen LogP contribution in [0, 0.1) is 10.1 Å². The van der Waals surface area contributed by atoms with E-state index in [1.165, 1.54) is 30.1 Å². The highest BCUT2D eigenvalue weighted by Crippen LogP contribution is 2.26. The number of nitrogens with zero attached hydrogens (tertiary/aromatic N) is 2. The van der Waals surface area contributed by atoms with Crippen LogP contribution in [0.5, 0.6) is 0 Å². The summed E-state index contributed by atoms with van der Waals surface area (Å²) in [5.74, 6) is -0.533. The summed E-state index contributed by atoms with van der Waals surface area (Å²) < 4.78 is 0. The Morgan fingerprint density at radius 2 is 2.00 bits per heavy atom. The van der Waals surface area contributed by atoms with Gasteiger partial charge >= 0.3 is 0 Å². The van der Waals surface area contributed by atoms with Gasteiger partial charge in [0.05, 0.1) is 22.3 Å². The van der Waals surface area contributed by atoms with Crippen molar-refractivity contribution in [3.05, 3.63) is 70.4 Å². The molecule has 7 heteroatoms. The Balaban J connectivity index is 1.94. The summed E-state index contributed by atoms with van der Waals surface area (Å²) in [6, 6.07) is 13.8. The number of aromatic nitrogens is 1. The van der Waals surface area contributed by atoms with E-state index in [1.807, 2.05) is 30.5 Å². The summed E-state index contributed by atoms with van der Waals surface area (Å²) in [6.07, 6.45) is 3.38. The average Bonchev–Trinajstić information content (AvgIpc) is 2.60. The molecule has 120 valence electrons. The van der Waals surface area contributed by atoms with E-state index in [-0.39, 0.29) is 11.3 Å². The largest absolute Gasteiger partial charge is 0.320 e. The average molecular weight is 339 g/mol. The number of nitro benzene ring substituents is 1. The number of thioether (sulfide) groups is 1. The minimum atomic E-state index is -0.558. The maximum Gasteiger partial charge on any atom is 0.282 e. The van der Waals surface area contributed by atoms with E-state index in [0.29, 0.717) is 5.69 Å². The maximum atomic E-state index is 12.5. The minimum Gasteiger partial charge on any atom is -0.320 e. The SMILES string of the molecule is CSc1ccc([N+](=O)[O-])c(C(=O)Nc2cnc3ccccc3c2)c1. The van der Waals surface area contributed by atoms with Gasteiger partial charge in [-0.05, 0) is 30.5 Å². The normalized spacial score (nSPS) is 10.5. The summed E-state index contributed by atoms with van der Waals surface area (Å²) in [5.41, 5.74) is 1.10. The fourth-order valence-corrected chi connectivity index (χ4v) is 2.76. The molecule has 2 aromatic carbocycles. The van der Waals surface area contributed by atoms with Gasteiger partial charge in [-0.1, -0.05) is 18.2 Å². The summed E-state index contributed by atoms with van der Waals surface area (Å²) in [7, 11) is 0. The lowest BCUT2D eigenvalue weighted by Gasteiger charge is -2.08. The molecule has 1 amide bonds. The van der Waals surface area contributed by atoms with Crippen LogP contribution in [0.25, 0.3) is 10.9 Å². The van der Waals surface area contributed by atoms with Gasteiger partial charge in [0.15, 0.2) is 0 Å². The van der Waals surface area contributed by atoms with Crippen molar-refractivity contribution in [1.82, 2.24) is 4.98 Å². The highest BCUT2D eigenvalue weighted by molar-refractivity contribution is 7.98. The Labute approximate surface area is 142 Å². The van der Waals surface area contributed by atoms with Gasteiger partial charge < -0.3 is 5.32 Å². The molecule has 0 aliphatic rings. The minimum absolute atomic E-state index is 0.0278. The number of hydrogen-bond acceptors (Lipinski definition) is 5. The fraction of sp³-hybridized carbons (Fsp3) is 0.0588. The van der Waals surface area contributed by atoms with Gasteiger partial charge in [0.25, 0.3) is 11.6 Å². The molecule has 0 spiro atoms. The zero-order valence-corrected chi connectivity index (χ0v) is 13.5. The monoisotopic (exact) mass is 339 g/mol. The molecule has 0 fully saturated rings. The maximum absolute atomic E-state index is 12.5. The lowest BCUT2D eigenvalue weighted by Crippen LogP contribution is -2.14. The Morgan fingerprint density at radius 3 is 2.75 bits per heavy atom. The van der Waals surface area contributed by atoms with E-state index in [4.69, 9.17) is 0 Å². The van der Waals surface area contributed by atoms with E-state index in [1.54, 1.807) is 12.1 Å². The summed E-state index contributed by atoms with van der Waals surface area (Å²) in [6.45, 7) is 0. The van der Waals surface area contributed by atoms with Gasteiger partial charge in [-0.15, -0.1) is 11.8 Å². The van der Waals surface area contributed by atoms with E-state index < -0.39 is 10.8 Å². The van der Waals surface area contributed by atoms with Crippen LogP contribution in [0.1, 0.15) is 10.4 Å². The van der Waals surface area contributed by atoms with Gasteiger partial charge in [-0.3, -0.25) is 19.9 Å². The third-order valence-corrected chi connectivity index (χ3v) is 4.22. The zero-order chi connectivity index (χ0) is 17.1. The van der Waals surface area contributed by atoms with Crippen molar-refractivity contribution in [2.24, 2.45) is 0 Å². The molecule has 0 aliphatic carbocycles. The lowest BCUT2D eigenvalue weighted by atomic mass is 10.1. The topological polar surface area (TPSA) is 85.1 Å². The molecule has 1 aromatic heterocycles. The Bertz CT molecular complexity index is 943. The number of benzene rings is 2. The second-order valence-corrected chi connectivity index (χ2v) is 5.89. The summed E-state index contributed by atoms with van der Waals surface area (Å²) in [5, 5.41) is 14.7. The van der Waals surface area contributed by atoms with Crippen molar-refractivity contribution in [2.75, 3.05) is 11.6 Å². The van der Waals surface area contributed by atoms with Crippen molar-refractivity contribution in [3.8, 4) is 0 Å². The molecule has 0 unspecified atom stereocenters. The second kappa shape index (κ2) is 6.67. The predicted molar refractivity (Wildman–Crippen MR) is 94.6 cm³/mol. The van der Waals surface area contributed by atoms with Crippen LogP contribution >= 0.6 is 11.8 Å². The third kappa shape index (κ3) is 3.21. The Hall–Kier alpha value is -2.93. The van der Waals surface area contributed by atoms with Crippen molar-refractivity contribution in [2.45, 2.75) is 4.90 Å². The van der Waals surface area contributed by atoms with Crippen LogP contribution in [0.15, 0.2) is 59.6 Å². The number of nitrogens with one attached hydrogen (secondary N) is 1. The third-order valence-electron chi connectivity index (χ3n) is 3.49. The molecule has 6 nitrogen and oxygen atoms in total. The molecule has 1 N–H and O–H groups in total. The highest BCUT2D eigenvalue weighted by atomic mass is 32.2. The molecule has 1 heterocycles. The molecule has 3 aromatic rings. The van der Waals surface area contributed by atoms with Crippen molar-refractivity contribution >= 4 is 39.9 Å². The molecule has 3 rings (SSSR count). The van der Waals surface area contributed by atoms with Gasteiger partial charge in [-0.25, -0.2) is 0 Å². The Morgan fingerprint density at radius 1 is 1.21 bits per heavy atom. The number of hydrogen-bond donors (Lipinski definition) is 1. The highest BCUT2D eigenvalue weighted by Gasteiger charge is 2.21. The number of amides is 1. The number of para-hydroxylation sites is 1. The van der Waals surface area contributed by atoms with E-state index >= 15 is 0 Å². The van der Waals surface area contributed by atoms with Gasteiger partial charge in [0.1, 0.15) is 5.56 Å². The van der Waals surface area contributed by atoms with Crippen LogP contribution in [0.4, 0.5) is 11.4 Å². The van der Waals surface area contributed by atoms with Crippen LogP contribution in [-0.2, 0) is 0 Å². The quantitative estimate of drug-likeness (QED) is 0.439. The predicted octanol–water partition coefficient (Wildman–Crippen LogP) is 4.12. The molecule has 0 bridgehead atoms. The second-order valence-electron chi connectivity index (χ2n) is 5.01. The van der Waals surface area contributed by atoms with Crippen LogP contribution in [0.3, 0.4) is 0 Å². The number of pyridine rings is 1. The zero-order valence-electron chi connectivity index (χ0n) is 12.7. The summed E-state index contributed by atoms with van der Waals surface area (Å²) >= 11 is 1.41. The van der Waals surface area contributed by atoms with Gasteiger partial charge in [-0.2, -0.15) is 0 Å². The van der Waals surface area contributed by atoms with Crippen molar-refractivity contribution in [1.29, 1.82) is 0 Å². The number of anilines is 1. The van der Waals surface area contributed by atoms with Crippen LogP contribution < -0.4 is 5.32 Å². The molecule has 0 saturated heterocycles. The first-order chi connectivity index (χ1) is 11.6. The first kappa shape index (κ1) is 15.9. The first-order valence-corrected chi connectivity index (χ1v) is 8.29. The molecule has 0 aliphatic heterocycles. The molecular weight excluding hydrogens is 326 g/mol. The smallest absolute Gasteiger partial charge is 0.282 e. The number of rotatable bonds is 4. The molecule has 24 heavy (non-hydrogen) atoms. The van der Waals surface area contributed by atoms with Crippen LogP contribution in [-0.4, -0.2) is 22.1 Å². The molecular formula is C17H13N3O3S. The molecule has 0 radical (unpaired) electrons. The molecule has 0 atom stereocenters. The number of nitro groups is 1. The first-order valence-electron chi connectivity index (χ1n) is 7.07. The van der Waals surface area contributed by atoms with Crippen molar-refractivity contribution in [3.63, 3.8) is 0 Å². The number of carbonyl (C=O) groups is 1. The van der Waals surface area contributed by atoms with E-state index in [9.17, 15) is 14.9 Å². The van der Waals surface area contributed by atoms with Gasteiger partial charge in [0, 0.05) is 16.3 Å². The standard InChI is InChI=1S/C17H13N3O3S/c1-24-13-6-7-16(20(22)23)14(9-13)17(21)19-12-8-11-4-2-3-5-15(11)18-10-12/h2-10H,1H3,(H,19,21). The number of fused-ring (bicyclic) bond motifs is 1. The summed E-state index contributed by atoms with van der Waals surface area (Å²) in [4.78, 5) is 28.1. The molecule has 0 saturated carbocycles. The Kier molecular flexibility index (Phi) is 4.43. The lowest BCUT2D eigenvalue weighted by molar-refractivity contribution is -0.385. The van der Waals surface area contributed by atoms with E-state index in [0.717, 1.165) is 15.8 Å². The van der Waals surface area contributed by atoms with E-state index in [2.05, 4.69) is 10.3 Å².